The average Bonchev–Trinajstić information content (AvgIpc) is 2.61. The average molecular weight is 378 g/mol. The van der Waals surface area contributed by atoms with Crippen LogP contribution in [0.3, 0.4) is 0 Å². The number of hydrogen-bond donors (Lipinski definition) is 4. The SMILES string of the molecule is CCNC(=NCCN(C(C)C)C(C)C)NCCNC(=O)c1ccc(O)cc1. The van der Waals surface area contributed by atoms with Crippen LogP contribution in [0.2, 0.25) is 0 Å². The van der Waals surface area contributed by atoms with Gasteiger partial charge in [0, 0.05) is 43.8 Å². The maximum Gasteiger partial charge on any atom is 0.251 e. The van der Waals surface area contributed by atoms with Gasteiger partial charge in [0.25, 0.3) is 5.91 Å². The van der Waals surface area contributed by atoms with E-state index in [1.54, 1.807) is 12.1 Å². The summed E-state index contributed by atoms with van der Waals surface area (Å²) in [4.78, 5) is 19.1. The Bertz CT molecular complexity index is 577. The summed E-state index contributed by atoms with van der Waals surface area (Å²) < 4.78 is 0. The quantitative estimate of drug-likeness (QED) is 0.284. The van der Waals surface area contributed by atoms with Crippen molar-refractivity contribution >= 4 is 11.9 Å². The van der Waals surface area contributed by atoms with Crippen molar-refractivity contribution in [1.82, 2.24) is 20.9 Å². The number of carbonyl (C=O) groups excluding carboxylic acids is 1. The van der Waals surface area contributed by atoms with E-state index in [1.165, 1.54) is 12.1 Å². The van der Waals surface area contributed by atoms with Crippen molar-refractivity contribution in [2.75, 3.05) is 32.7 Å². The molecule has 0 aromatic heterocycles. The second kappa shape index (κ2) is 12.2. The molecule has 0 unspecified atom stereocenters. The van der Waals surface area contributed by atoms with Gasteiger partial charge >= 0.3 is 0 Å². The fourth-order valence-corrected chi connectivity index (χ4v) is 2.80. The van der Waals surface area contributed by atoms with E-state index in [1.807, 2.05) is 6.92 Å². The summed E-state index contributed by atoms with van der Waals surface area (Å²) in [5, 5.41) is 18.6. The van der Waals surface area contributed by atoms with E-state index in [4.69, 9.17) is 0 Å². The Labute approximate surface area is 163 Å². The number of phenolic OH excluding ortho intramolecular Hbond substituents is 1. The zero-order valence-electron chi connectivity index (χ0n) is 17.2. The van der Waals surface area contributed by atoms with E-state index in [0.717, 1.165) is 19.0 Å². The van der Waals surface area contributed by atoms with Crippen LogP contribution in [0.5, 0.6) is 5.75 Å². The first-order valence-corrected chi connectivity index (χ1v) is 9.70. The molecule has 0 bridgehead atoms. The molecule has 4 N–H and O–H groups in total. The van der Waals surface area contributed by atoms with Gasteiger partial charge < -0.3 is 21.1 Å². The van der Waals surface area contributed by atoms with Gasteiger partial charge in [-0.1, -0.05) is 0 Å². The van der Waals surface area contributed by atoms with E-state index in [9.17, 15) is 9.90 Å². The van der Waals surface area contributed by atoms with Gasteiger partial charge in [0.1, 0.15) is 5.75 Å². The minimum absolute atomic E-state index is 0.146. The highest BCUT2D eigenvalue weighted by molar-refractivity contribution is 5.94. The van der Waals surface area contributed by atoms with Crippen LogP contribution >= 0.6 is 0 Å². The Morgan fingerprint density at radius 2 is 1.63 bits per heavy atom. The second-order valence-electron chi connectivity index (χ2n) is 6.92. The molecule has 7 heteroatoms. The van der Waals surface area contributed by atoms with Crippen LogP contribution in [-0.2, 0) is 0 Å². The highest BCUT2D eigenvalue weighted by atomic mass is 16.3. The highest BCUT2D eigenvalue weighted by Gasteiger charge is 2.12. The van der Waals surface area contributed by atoms with Crippen LogP contribution in [0.25, 0.3) is 0 Å². The van der Waals surface area contributed by atoms with Gasteiger partial charge in [0.2, 0.25) is 0 Å². The van der Waals surface area contributed by atoms with Crippen LogP contribution in [0.1, 0.15) is 45.0 Å². The first-order chi connectivity index (χ1) is 12.8. The normalized spacial score (nSPS) is 11.9. The van der Waals surface area contributed by atoms with Crippen molar-refractivity contribution in [1.29, 1.82) is 0 Å². The molecule has 0 aliphatic rings. The molecular weight excluding hydrogens is 342 g/mol. The standard InChI is InChI=1S/C20H35N5O2/c1-6-21-20(24-13-14-25(15(2)3)16(4)5)23-12-11-22-19(27)17-7-9-18(26)10-8-17/h7-10,15-16,26H,6,11-14H2,1-5H3,(H,22,27)(H2,21,23,24). The molecule has 0 saturated heterocycles. The summed E-state index contributed by atoms with van der Waals surface area (Å²) >= 11 is 0. The van der Waals surface area contributed by atoms with Gasteiger partial charge in [-0.25, -0.2) is 0 Å². The monoisotopic (exact) mass is 377 g/mol. The number of guanidine groups is 1. The molecule has 1 aromatic rings. The topological polar surface area (TPSA) is 89.0 Å². The molecule has 0 atom stereocenters. The molecule has 0 radical (unpaired) electrons. The van der Waals surface area contributed by atoms with Gasteiger partial charge in [0.15, 0.2) is 5.96 Å². The zero-order chi connectivity index (χ0) is 20.2. The Morgan fingerprint density at radius 3 is 2.19 bits per heavy atom. The summed E-state index contributed by atoms with van der Waals surface area (Å²) in [6.45, 7) is 14.3. The number of nitrogens with zero attached hydrogens (tertiary/aromatic N) is 2. The number of rotatable bonds is 10. The second-order valence-corrected chi connectivity index (χ2v) is 6.92. The summed E-state index contributed by atoms with van der Waals surface area (Å²) in [5.74, 6) is 0.736. The van der Waals surface area contributed by atoms with Gasteiger partial charge in [-0.2, -0.15) is 0 Å². The maximum atomic E-state index is 12.0. The Morgan fingerprint density at radius 1 is 1.04 bits per heavy atom. The molecule has 1 rings (SSSR count). The third-order valence-corrected chi connectivity index (χ3v) is 4.13. The Balaban J connectivity index is 2.41. The van der Waals surface area contributed by atoms with E-state index < -0.39 is 0 Å². The number of phenols is 1. The van der Waals surface area contributed by atoms with Gasteiger partial charge in [-0.05, 0) is 58.9 Å². The fraction of sp³-hybridized carbons (Fsp3) is 0.600. The number of aliphatic imine (C=N–C) groups is 1. The van der Waals surface area contributed by atoms with Crippen molar-refractivity contribution in [3.05, 3.63) is 29.8 Å². The molecule has 0 aliphatic carbocycles. The smallest absolute Gasteiger partial charge is 0.251 e. The lowest BCUT2D eigenvalue weighted by atomic mass is 10.2. The van der Waals surface area contributed by atoms with E-state index >= 15 is 0 Å². The maximum absolute atomic E-state index is 12.0. The number of nitrogens with one attached hydrogen (secondary N) is 3. The summed E-state index contributed by atoms with van der Waals surface area (Å²) in [5.41, 5.74) is 0.524. The summed E-state index contributed by atoms with van der Waals surface area (Å²) in [6.07, 6.45) is 0. The van der Waals surface area contributed by atoms with Crippen LogP contribution in [-0.4, -0.2) is 66.7 Å². The van der Waals surface area contributed by atoms with E-state index in [-0.39, 0.29) is 11.7 Å². The molecular formula is C20H35N5O2. The number of aromatic hydroxyl groups is 1. The third-order valence-electron chi connectivity index (χ3n) is 4.13. The Kier molecular flexibility index (Phi) is 10.3. The van der Waals surface area contributed by atoms with Crippen LogP contribution < -0.4 is 16.0 Å². The van der Waals surface area contributed by atoms with Crippen molar-refractivity contribution in [2.24, 2.45) is 4.99 Å². The van der Waals surface area contributed by atoms with Crippen molar-refractivity contribution in [2.45, 2.75) is 46.7 Å². The number of amides is 1. The third kappa shape index (κ3) is 8.77. The van der Waals surface area contributed by atoms with Gasteiger partial charge in [-0.3, -0.25) is 14.7 Å². The van der Waals surface area contributed by atoms with E-state index in [0.29, 0.717) is 37.3 Å². The largest absolute Gasteiger partial charge is 0.508 e. The molecule has 0 saturated carbocycles. The highest BCUT2D eigenvalue weighted by Crippen LogP contribution is 2.09. The molecule has 1 amide bonds. The molecule has 152 valence electrons. The predicted molar refractivity (Wildman–Crippen MR) is 111 cm³/mol. The molecule has 0 fully saturated rings. The summed E-state index contributed by atoms with van der Waals surface area (Å²) in [6, 6.07) is 7.18. The molecule has 7 nitrogen and oxygen atoms in total. The molecule has 27 heavy (non-hydrogen) atoms. The van der Waals surface area contributed by atoms with Crippen molar-refractivity contribution in [3.63, 3.8) is 0 Å². The van der Waals surface area contributed by atoms with Crippen LogP contribution in [0.15, 0.2) is 29.3 Å². The van der Waals surface area contributed by atoms with Crippen LogP contribution in [0.4, 0.5) is 0 Å². The minimum Gasteiger partial charge on any atom is -0.508 e. The molecule has 0 heterocycles. The molecule has 0 spiro atoms. The number of benzene rings is 1. The first kappa shape index (κ1) is 22.8. The van der Waals surface area contributed by atoms with E-state index in [2.05, 4.69) is 53.5 Å². The Hall–Kier alpha value is -2.28. The van der Waals surface area contributed by atoms with Crippen molar-refractivity contribution in [3.8, 4) is 5.75 Å². The lowest BCUT2D eigenvalue weighted by Gasteiger charge is -2.29. The zero-order valence-corrected chi connectivity index (χ0v) is 17.2. The fourth-order valence-electron chi connectivity index (χ4n) is 2.80. The lowest BCUT2D eigenvalue weighted by Crippen LogP contribution is -2.42. The first-order valence-electron chi connectivity index (χ1n) is 9.70. The number of carbonyl (C=O) groups is 1. The minimum atomic E-state index is -0.164. The number of hydrogen-bond acceptors (Lipinski definition) is 4. The van der Waals surface area contributed by atoms with Gasteiger partial charge in [0.05, 0.1) is 6.54 Å². The summed E-state index contributed by atoms with van der Waals surface area (Å²) in [7, 11) is 0. The van der Waals surface area contributed by atoms with Crippen molar-refractivity contribution < 1.29 is 9.90 Å². The lowest BCUT2D eigenvalue weighted by molar-refractivity contribution is 0.0954. The van der Waals surface area contributed by atoms with Crippen LogP contribution in [0, 0.1) is 0 Å². The predicted octanol–water partition coefficient (Wildman–Crippen LogP) is 1.80. The molecule has 0 aliphatic heterocycles. The molecule has 1 aromatic carbocycles. The van der Waals surface area contributed by atoms with Gasteiger partial charge in [-0.15, -0.1) is 0 Å².